The quantitative estimate of drug-likeness (QED) is 0.922. The second-order valence-electron chi connectivity index (χ2n) is 5.21. The van der Waals surface area contributed by atoms with Crippen LogP contribution >= 0.6 is 0 Å². The molecule has 2 rings (SSSR count). The lowest BCUT2D eigenvalue weighted by Crippen LogP contribution is -2.22. The zero-order valence-electron chi connectivity index (χ0n) is 12.9. The monoisotopic (exact) mass is 302 g/mol. The first-order valence-corrected chi connectivity index (χ1v) is 6.92. The molecular formula is C17H19FN2O2. The normalized spacial score (nSPS) is 10.2. The number of benzene rings is 2. The fourth-order valence-electron chi connectivity index (χ4n) is 1.97. The third-order valence-corrected chi connectivity index (χ3v) is 3.11. The van der Waals surface area contributed by atoms with Gasteiger partial charge in [0.1, 0.15) is 11.6 Å². The van der Waals surface area contributed by atoms with Gasteiger partial charge in [0.2, 0.25) is 0 Å². The molecule has 0 spiro atoms. The van der Waals surface area contributed by atoms with Gasteiger partial charge in [-0.05, 0) is 37.3 Å². The summed E-state index contributed by atoms with van der Waals surface area (Å²) in [6.07, 6.45) is 0. The molecule has 0 radical (unpaired) electrons. The number of halogens is 1. The first kappa shape index (κ1) is 15.8. The molecule has 116 valence electrons. The van der Waals surface area contributed by atoms with Crippen molar-refractivity contribution in [2.75, 3.05) is 30.9 Å². The molecule has 0 fully saturated rings. The molecular weight excluding hydrogens is 283 g/mol. The van der Waals surface area contributed by atoms with Gasteiger partial charge >= 0.3 is 0 Å². The van der Waals surface area contributed by atoms with Crippen LogP contribution in [0.5, 0.6) is 5.75 Å². The summed E-state index contributed by atoms with van der Waals surface area (Å²) in [6, 6.07) is 11.7. The van der Waals surface area contributed by atoms with Crippen molar-refractivity contribution >= 4 is 17.3 Å². The Morgan fingerprint density at radius 2 is 1.86 bits per heavy atom. The lowest BCUT2D eigenvalue weighted by molar-refractivity contribution is -0.118. The van der Waals surface area contributed by atoms with Crippen LogP contribution in [0, 0.1) is 12.7 Å². The highest BCUT2D eigenvalue weighted by atomic mass is 19.1. The Bertz CT molecular complexity index is 654. The summed E-state index contributed by atoms with van der Waals surface area (Å²) in [5, 5.41) is 2.67. The Morgan fingerprint density at radius 1 is 1.18 bits per heavy atom. The van der Waals surface area contributed by atoms with Gasteiger partial charge in [0.05, 0.1) is 11.4 Å². The molecule has 22 heavy (non-hydrogen) atoms. The number of nitrogens with one attached hydrogen (secondary N) is 1. The summed E-state index contributed by atoms with van der Waals surface area (Å²) < 4.78 is 18.8. The Balaban J connectivity index is 2.00. The molecule has 0 aliphatic carbocycles. The van der Waals surface area contributed by atoms with Crippen molar-refractivity contribution < 1.29 is 13.9 Å². The van der Waals surface area contributed by atoms with Gasteiger partial charge in [-0.1, -0.05) is 17.7 Å². The maximum atomic E-state index is 13.3. The second-order valence-corrected chi connectivity index (χ2v) is 5.21. The van der Waals surface area contributed by atoms with Crippen LogP contribution in [-0.4, -0.2) is 26.6 Å². The minimum Gasteiger partial charge on any atom is -0.484 e. The average Bonchev–Trinajstić information content (AvgIpc) is 2.46. The Kier molecular flexibility index (Phi) is 4.99. The van der Waals surface area contributed by atoms with Crippen molar-refractivity contribution in [2.45, 2.75) is 6.92 Å². The minimum absolute atomic E-state index is 0.132. The number of carbonyl (C=O) groups is 1. The van der Waals surface area contributed by atoms with Gasteiger partial charge in [-0.15, -0.1) is 0 Å². The fraction of sp³-hybridized carbons (Fsp3) is 0.235. The van der Waals surface area contributed by atoms with Crippen LogP contribution in [0.25, 0.3) is 0 Å². The van der Waals surface area contributed by atoms with Gasteiger partial charge in [-0.3, -0.25) is 4.79 Å². The molecule has 2 aromatic carbocycles. The number of aryl methyl sites for hydroxylation is 1. The zero-order chi connectivity index (χ0) is 16.1. The van der Waals surface area contributed by atoms with Gasteiger partial charge in [-0.25, -0.2) is 4.39 Å². The molecule has 5 heteroatoms. The van der Waals surface area contributed by atoms with Crippen LogP contribution in [0.2, 0.25) is 0 Å². The molecule has 1 N–H and O–H groups in total. The molecule has 0 heterocycles. The zero-order valence-corrected chi connectivity index (χ0v) is 12.9. The van der Waals surface area contributed by atoms with Crippen LogP contribution in [0.4, 0.5) is 15.8 Å². The number of anilines is 2. The van der Waals surface area contributed by atoms with E-state index in [1.165, 1.54) is 12.1 Å². The van der Waals surface area contributed by atoms with Crippen molar-refractivity contribution in [2.24, 2.45) is 0 Å². The van der Waals surface area contributed by atoms with E-state index >= 15 is 0 Å². The Morgan fingerprint density at radius 3 is 2.50 bits per heavy atom. The summed E-state index contributed by atoms with van der Waals surface area (Å²) in [4.78, 5) is 13.8. The van der Waals surface area contributed by atoms with Gasteiger partial charge in [0.25, 0.3) is 5.91 Å². The highest BCUT2D eigenvalue weighted by Crippen LogP contribution is 2.25. The van der Waals surface area contributed by atoms with E-state index < -0.39 is 5.82 Å². The van der Waals surface area contributed by atoms with E-state index in [4.69, 9.17) is 4.74 Å². The van der Waals surface area contributed by atoms with E-state index in [1.807, 2.05) is 33.2 Å². The highest BCUT2D eigenvalue weighted by molar-refractivity contribution is 5.95. The summed E-state index contributed by atoms with van der Waals surface area (Å²) in [5.41, 5.74) is 2.26. The molecule has 0 saturated carbocycles. The topological polar surface area (TPSA) is 41.6 Å². The number of hydrogen-bond acceptors (Lipinski definition) is 3. The van der Waals surface area contributed by atoms with Crippen LogP contribution < -0.4 is 15.0 Å². The maximum absolute atomic E-state index is 13.3. The lowest BCUT2D eigenvalue weighted by Gasteiger charge is -2.18. The Hall–Kier alpha value is -2.56. The smallest absolute Gasteiger partial charge is 0.262 e. The van der Waals surface area contributed by atoms with E-state index in [2.05, 4.69) is 5.32 Å². The first-order chi connectivity index (χ1) is 10.5. The molecule has 0 atom stereocenters. The lowest BCUT2D eigenvalue weighted by atomic mass is 10.2. The first-order valence-electron chi connectivity index (χ1n) is 6.92. The maximum Gasteiger partial charge on any atom is 0.262 e. The fourth-order valence-corrected chi connectivity index (χ4v) is 1.97. The average molecular weight is 302 g/mol. The van der Waals surface area contributed by atoms with Crippen molar-refractivity contribution in [3.05, 3.63) is 53.8 Å². The Labute approximate surface area is 129 Å². The van der Waals surface area contributed by atoms with Gasteiger partial charge in [-0.2, -0.15) is 0 Å². The number of ether oxygens (including phenoxy) is 1. The number of nitrogens with zero attached hydrogens (tertiary/aromatic N) is 1. The highest BCUT2D eigenvalue weighted by Gasteiger charge is 2.10. The van der Waals surface area contributed by atoms with E-state index in [9.17, 15) is 9.18 Å². The number of amides is 1. The molecule has 0 aliphatic heterocycles. The van der Waals surface area contributed by atoms with Gasteiger partial charge in [0.15, 0.2) is 6.61 Å². The van der Waals surface area contributed by atoms with Gasteiger partial charge < -0.3 is 15.0 Å². The minimum atomic E-state index is -0.402. The van der Waals surface area contributed by atoms with E-state index in [-0.39, 0.29) is 12.5 Å². The molecule has 0 aliphatic rings. The number of hydrogen-bond donors (Lipinski definition) is 1. The van der Waals surface area contributed by atoms with Crippen molar-refractivity contribution in [1.82, 2.24) is 0 Å². The number of carbonyl (C=O) groups excluding carboxylic acids is 1. The molecule has 0 aromatic heterocycles. The summed E-state index contributed by atoms with van der Waals surface area (Å²) in [7, 11) is 3.65. The molecule has 0 saturated heterocycles. The predicted octanol–water partition coefficient (Wildman–Crippen LogP) is 3.22. The van der Waals surface area contributed by atoms with Crippen molar-refractivity contribution in [1.29, 1.82) is 0 Å². The summed E-state index contributed by atoms with van der Waals surface area (Å²) >= 11 is 0. The van der Waals surface area contributed by atoms with E-state index in [0.717, 1.165) is 11.3 Å². The summed E-state index contributed by atoms with van der Waals surface area (Å²) in [6.45, 7) is 1.84. The van der Waals surface area contributed by atoms with E-state index in [0.29, 0.717) is 11.4 Å². The van der Waals surface area contributed by atoms with Crippen LogP contribution in [-0.2, 0) is 4.79 Å². The summed E-state index contributed by atoms with van der Waals surface area (Å²) in [5.74, 6) is -0.123. The molecule has 1 amide bonds. The van der Waals surface area contributed by atoms with E-state index in [1.54, 1.807) is 23.1 Å². The third-order valence-electron chi connectivity index (χ3n) is 3.11. The van der Waals surface area contributed by atoms with Crippen molar-refractivity contribution in [3.8, 4) is 5.75 Å². The largest absolute Gasteiger partial charge is 0.484 e. The van der Waals surface area contributed by atoms with Crippen LogP contribution in [0.3, 0.4) is 0 Å². The molecule has 2 aromatic rings. The van der Waals surface area contributed by atoms with Crippen LogP contribution in [0.1, 0.15) is 5.56 Å². The molecule has 4 nitrogen and oxygen atoms in total. The van der Waals surface area contributed by atoms with Crippen LogP contribution in [0.15, 0.2) is 42.5 Å². The molecule has 0 unspecified atom stereocenters. The SMILES string of the molecule is Cc1ccc(OCC(=O)Nc2cc(F)ccc2N(C)C)cc1. The van der Waals surface area contributed by atoms with Gasteiger partial charge in [0, 0.05) is 14.1 Å². The standard InChI is InChI=1S/C17H19FN2O2/c1-12-4-7-14(8-5-12)22-11-17(21)19-15-10-13(18)6-9-16(15)20(2)3/h4-10H,11H2,1-3H3,(H,19,21). The third kappa shape index (κ3) is 4.22. The molecule has 0 bridgehead atoms. The number of rotatable bonds is 5. The predicted molar refractivity (Wildman–Crippen MR) is 86.0 cm³/mol. The second kappa shape index (κ2) is 6.93. The van der Waals surface area contributed by atoms with Crippen molar-refractivity contribution in [3.63, 3.8) is 0 Å².